The number of halogens is 2. The lowest BCUT2D eigenvalue weighted by Gasteiger charge is -2.32. The van der Waals surface area contributed by atoms with Crippen LogP contribution < -0.4 is 19.1 Å². The number of benzene rings is 3. The molecule has 42 heavy (non-hydrogen) atoms. The highest BCUT2D eigenvalue weighted by atomic mass is 35.5. The van der Waals surface area contributed by atoms with Crippen LogP contribution >= 0.6 is 23.2 Å². The summed E-state index contributed by atoms with van der Waals surface area (Å²) in [4.78, 5) is 28.5. The molecular formula is C30H35Cl2N3O6S. The Balaban J connectivity index is 2.10. The van der Waals surface area contributed by atoms with E-state index in [4.69, 9.17) is 32.7 Å². The van der Waals surface area contributed by atoms with E-state index in [9.17, 15) is 18.0 Å². The minimum Gasteiger partial charge on any atom is -0.493 e. The minimum atomic E-state index is -4.25. The lowest BCUT2D eigenvalue weighted by atomic mass is 10.1. The van der Waals surface area contributed by atoms with Crippen molar-refractivity contribution in [3.05, 3.63) is 82.3 Å². The molecule has 0 heterocycles. The average molecular weight is 637 g/mol. The highest BCUT2D eigenvalue weighted by molar-refractivity contribution is 7.92. The van der Waals surface area contributed by atoms with E-state index in [1.54, 1.807) is 49.4 Å². The molecule has 9 nitrogen and oxygen atoms in total. The fourth-order valence-electron chi connectivity index (χ4n) is 4.12. The first-order chi connectivity index (χ1) is 19.9. The number of sulfonamides is 1. The Bertz CT molecular complexity index is 1480. The molecule has 0 aliphatic rings. The van der Waals surface area contributed by atoms with Gasteiger partial charge in [0.1, 0.15) is 12.6 Å². The maximum Gasteiger partial charge on any atom is 0.264 e. The summed E-state index contributed by atoms with van der Waals surface area (Å²) < 4.78 is 39.6. The van der Waals surface area contributed by atoms with Crippen LogP contribution in [0.1, 0.15) is 26.3 Å². The topological polar surface area (TPSA) is 105 Å². The first-order valence-corrected chi connectivity index (χ1v) is 15.4. The Morgan fingerprint density at radius 1 is 0.881 bits per heavy atom. The molecule has 0 fully saturated rings. The van der Waals surface area contributed by atoms with Gasteiger partial charge in [-0.2, -0.15) is 0 Å². The van der Waals surface area contributed by atoms with Gasteiger partial charge in [-0.1, -0.05) is 61.3 Å². The molecular weight excluding hydrogens is 601 g/mol. The number of methoxy groups -OCH3 is 2. The minimum absolute atomic E-state index is 0.0176. The van der Waals surface area contributed by atoms with Crippen molar-refractivity contribution in [2.45, 2.75) is 38.3 Å². The van der Waals surface area contributed by atoms with Crippen molar-refractivity contribution in [3.63, 3.8) is 0 Å². The molecule has 0 spiro atoms. The predicted octanol–water partition coefficient (Wildman–Crippen LogP) is 5.40. The molecule has 0 radical (unpaired) electrons. The summed E-state index contributed by atoms with van der Waals surface area (Å²) in [5.74, 6) is -0.205. The van der Waals surface area contributed by atoms with Crippen molar-refractivity contribution in [2.24, 2.45) is 5.92 Å². The van der Waals surface area contributed by atoms with Crippen LogP contribution in [0.15, 0.2) is 71.6 Å². The van der Waals surface area contributed by atoms with Gasteiger partial charge >= 0.3 is 0 Å². The van der Waals surface area contributed by atoms with E-state index >= 15 is 0 Å². The van der Waals surface area contributed by atoms with Gasteiger partial charge in [0, 0.05) is 34.8 Å². The highest BCUT2D eigenvalue weighted by Gasteiger charge is 2.33. The number of ether oxygens (including phenoxy) is 2. The molecule has 0 saturated carbocycles. The maximum absolute atomic E-state index is 14.1. The van der Waals surface area contributed by atoms with Crippen LogP contribution in [0.2, 0.25) is 10.0 Å². The van der Waals surface area contributed by atoms with Crippen LogP contribution in [0.3, 0.4) is 0 Å². The summed E-state index contributed by atoms with van der Waals surface area (Å²) in [5, 5.41) is 3.46. The first kappa shape index (κ1) is 33.0. The second-order valence-electron chi connectivity index (χ2n) is 9.90. The third-order valence-corrected chi connectivity index (χ3v) is 9.00. The summed E-state index contributed by atoms with van der Waals surface area (Å²) in [6.45, 7) is 5.12. The number of hydrogen-bond acceptors (Lipinski definition) is 6. The highest BCUT2D eigenvalue weighted by Crippen LogP contribution is 2.34. The van der Waals surface area contributed by atoms with Crippen molar-refractivity contribution in [3.8, 4) is 11.5 Å². The van der Waals surface area contributed by atoms with Crippen LogP contribution in [0.4, 0.5) is 5.69 Å². The molecule has 0 unspecified atom stereocenters. The Morgan fingerprint density at radius 2 is 1.50 bits per heavy atom. The molecule has 12 heteroatoms. The van der Waals surface area contributed by atoms with Gasteiger partial charge < -0.3 is 19.7 Å². The smallest absolute Gasteiger partial charge is 0.264 e. The molecule has 0 aliphatic carbocycles. The van der Waals surface area contributed by atoms with Crippen LogP contribution in [-0.4, -0.2) is 58.5 Å². The van der Waals surface area contributed by atoms with Gasteiger partial charge in [0.05, 0.1) is 24.8 Å². The van der Waals surface area contributed by atoms with Gasteiger partial charge in [0.25, 0.3) is 10.0 Å². The number of carbonyl (C=O) groups excluding carboxylic acids is 2. The van der Waals surface area contributed by atoms with Gasteiger partial charge in [-0.25, -0.2) is 8.42 Å². The van der Waals surface area contributed by atoms with Crippen molar-refractivity contribution in [1.82, 2.24) is 10.2 Å². The standard InChI is InChI=1S/C30H35Cl2N3O6S/c1-20(2)17-33-30(37)21(3)34(18-24-25(31)12-9-13-26(24)32)29(36)19-35(42(38,39)23-10-7-6-8-11-23)22-14-15-27(40-4)28(16-22)41-5/h6-16,20-21H,17-19H2,1-5H3,(H,33,37)/t21-/m0/s1. The van der Waals surface area contributed by atoms with Crippen molar-refractivity contribution in [2.75, 3.05) is 31.6 Å². The normalized spacial score (nSPS) is 12.0. The summed E-state index contributed by atoms with van der Waals surface area (Å²) in [6, 6.07) is 16.3. The summed E-state index contributed by atoms with van der Waals surface area (Å²) >= 11 is 12.9. The summed E-state index contributed by atoms with van der Waals surface area (Å²) in [7, 11) is -1.36. The van der Waals surface area contributed by atoms with Gasteiger partial charge in [-0.15, -0.1) is 0 Å². The lowest BCUT2D eigenvalue weighted by Crippen LogP contribution is -2.51. The number of anilines is 1. The molecule has 1 N–H and O–H groups in total. The van der Waals surface area contributed by atoms with Crippen LogP contribution in [0.25, 0.3) is 0 Å². The quantitative estimate of drug-likeness (QED) is 0.270. The molecule has 3 aromatic rings. The van der Waals surface area contributed by atoms with Gasteiger partial charge in [-0.3, -0.25) is 13.9 Å². The van der Waals surface area contributed by atoms with E-state index in [2.05, 4.69) is 5.32 Å². The zero-order valence-corrected chi connectivity index (χ0v) is 26.5. The summed E-state index contributed by atoms with van der Waals surface area (Å²) in [6.07, 6.45) is 0. The number of carbonyl (C=O) groups is 2. The van der Waals surface area contributed by atoms with Gasteiger partial charge in [0.15, 0.2) is 11.5 Å². The molecule has 0 aromatic heterocycles. The molecule has 3 rings (SSSR count). The lowest BCUT2D eigenvalue weighted by molar-refractivity contribution is -0.139. The third-order valence-electron chi connectivity index (χ3n) is 6.51. The van der Waals surface area contributed by atoms with Gasteiger partial charge in [0.2, 0.25) is 11.8 Å². The Kier molecular flexibility index (Phi) is 11.5. The van der Waals surface area contributed by atoms with Crippen molar-refractivity contribution in [1.29, 1.82) is 0 Å². The number of nitrogens with zero attached hydrogens (tertiary/aromatic N) is 2. The fraction of sp³-hybridized carbons (Fsp3) is 0.333. The Morgan fingerprint density at radius 3 is 2.07 bits per heavy atom. The molecule has 1 atom stereocenters. The van der Waals surface area contributed by atoms with Crippen LogP contribution in [-0.2, 0) is 26.2 Å². The molecule has 0 bridgehead atoms. The molecule has 226 valence electrons. The van der Waals surface area contributed by atoms with E-state index in [0.29, 0.717) is 27.9 Å². The van der Waals surface area contributed by atoms with Crippen molar-refractivity contribution < 1.29 is 27.5 Å². The second kappa shape index (κ2) is 14.6. The van der Waals surface area contributed by atoms with Crippen molar-refractivity contribution >= 4 is 50.7 Å². The molecule has 0 saturated heterocycles. The maximum atomic E-state index is 14.1. The zero-order chi connectivity index (χ0) is 31.0. The molecule has 2 amide bonds. The van der Waals surface area contributed by atoms with E-state index in [0.717, 1.165) is 4.31 Å². The Hall–Kier alpha value is -3.47. The average Bonchev–Trinajstić information content (AvgIpc) is 2.98. The zero-order valence-electron chi connectivity index (χ0n) is 24.1. The van der Waals surface area contributed by atoms with Crippen LogP contribution in [0, 0.1) is 5.92 Å². The SMILES string of the molecule is COc1ccc(N(CC(=O)N(Cc2c(Cl)cccc2Cl)[C@@H](C)C(=O)NCC(C)C)S(=O)(=O)c2ccccc2)cc1OC. The molecule has 0 aliphatic heterocycles. The predicted molar refractivity (Wildman–Crippen MR) is 165 cm³/mol. The monoisotopic (exact) mass is 635 g/mol. The first-order valence-electron chi connectivity index (χ1n) is 13.2. The van der Waals surface area contributed by atoms with E-state index < -0.39 is 34.4 Å². The van der Waals surface area contributed by atoms with E-state index in [-0.39, 0.29) is 28.8 Å². The van der Waals surface area contributed by atoms with E-state index in [1.165, 1.54) is 43.4 Å². The van der Waals surface area contributed by atoms with E-state index in [1.807, 2.05) is 13.8 Å². The third kappa shape index (κ3) is 7.87. The fourth-order valence-corrected chi connectivity index (χ4v) is 6.06. The van der Waals surface area contributed by atoms with Gasteiger partial charge in [-0.05, 0) is 49.2 Å². The Labute approximate surface area is 257 Å². The number of nitrogens with one attached hydrogen (secondary N) is 1. The summed E-state index contributed by atoms with van der Waals surface area (Å²) in [5.41, 5.74) is 0.596. The second-order valence-corrected chi connectivity index (χ2v) is 12.6. The number of amides is 2. The van der Waals surface area contributed by atoms with Crippen LogP contribution in [0.5, 0.6) is 11.5 Å². The number of rotatable bonds is 13. The molecule has 3 aromatic carbocycles. The largest absolute Gasteiger partial charge is 0.493 e. The number of hydrogen-bond donors (Lipinski definition) is 1.